The van der Waals surface area contributed by atoms with Crippen molar-refractivity contribution in [3.8, 4) is 5.75 Å². The number of benzene rings is 2. The lowest BCUT2D eigenvalue weighted by molar-refractivity contribution is 0.414. The minimum Gasteiger partial charge on any atom is -0.497 e. The minimum atomic E-state index is 0.392. The van der Waals surface area contributed by atoms with Crippen LogP contribution in [-0.4, -0.2) is 13.7 Å². The molecule has 102 valence electrons. The van der Waals surface area contributed by atoms with Crippen LogP contribution in [0.3, 0.4) is 0 Å². The van der Waals surface area contributed by atoms with Gasteiger partial charge in [0.2, 0.25) is 0 Å². The molecular formula is C18H19NO. The van der Waals surface area contributed by atoms with Crippen LogP contribution >= 0.6 is 0 Å². The van der Waals surface area contributed by atoms with Crippen LogP contribution in [0.2, 0.25) is 0 Å². The van der Waals surface area contributed by atoms with E-state index in [0.29, 0.717) is 12.5 Å². The highest BCUT2D eigenvalue weighted by Crippen LogP contribution is 2.44. The van der Waals surface area contributed by atoms with Gasteiger partial charge in [0.05, 0.1) is 7.11 Å². The van der Waals surface area contributed by atoms with Crippen LogP contribution in [0.4, 0.5) is 0 Å². The van der Waals surface area contributed by atoms with Crippen molar-refractivity contribution in [3.05, 3.63) is 65.2 Å². The third-order valence-corrected chi connectivity index (χ3v) is 3.92. The Kier molecular flexibility index (Phi) is 3.57. The lowest BCUT2D eigenvalue weighted by Gasteiger charge is -2.16. The number of rotatable bonds is 4. The van der Waals surface area contributed by atoms with Gasteiger partial charge in [0.15, 0.2) is 0 Å². The van der Waals surface area contributed by atoms with Crippen LogP contribution in [0.1, 0.15) is 29.0 Å². The van der Waals surface area contributed by atoms with E-state index in [1.807, 2.05) is 12.1 Å². The lowest BCUT2D eigenvalue weighted by Crippen LogP contribution is -2.07. The first-order valence-corrected chi connectivity index (χ1v) is 6.98. The smallest absolute Gasteiger partial charge is 0.119 e. The van der Waals surface area contributed by atoms with E-state index in [2.05, 4.69) is 42.5 Å². The van der Waals surface area contributed by atoms with Gasteiger partial charge >= 0.3 is 0 Å². The first-order chi connectivity index (χ1) is 9.83. The average molecular weight is 265 g/mol. The highest BCUT2D eigenvalue weighted by molar-refractivity contribution is 5.91. The zero-order valence-electron chi connectivity index (χ0n) is 11.7. The Labute approximate surface area is 119 Å². The van der Waals surface area contributed by atoms with Gasteiger partial charge in [0, 0.05) is 5.92 Å². The second-order valence-corrected chi connectivity index (χ2v) is 5.09. The second kappa shape index (κ2) is 5.51. The third kappa shape index (κ3) is 2.23. The molecular weight excluding hydrogens is 246 g/mol. The van der Waals surface area contributed by atoms with Gasteiger partial charge in [-0.3, -0.25) is 0 Å². The Balaban J connectivity index is 2.06. The third-order valence-electron chi connectivity index (χ3n) is 3.92. The van der Waals surface area contributed by atoms with Crippen LogP contribution in [0.15, 0.2) is 48.5 Å². The summed E-state index contributed by atoms with van der Waals surface area (Å²) in [6.45, 7) is 0.695. The van der Waals surface area contributed by atoms with Crippen LogP contribution in [-0.2, 0) is 0 Å². The van der Waals surface area contributed by atoms with Crippen LogP contribution < -0.4 is 10.5 Å². The molecule has 1 aliphatic carbocycles. The topological polar surface area (TPSA) is 35.2 Å². The Hall–Kier alpha value is -2.06. The van der Waals surface area contributed by atoms with E-state index in [1.165, 1.54) is 22.3 Å². The Morgan fingerprint density at radius 3 is 2.60 bits per heavy atom. The summed E-state index contributed by atoms with van der Waals surface area (Å²) in [6.07, 6.45) is 3.24. The van der Waals surface area contributed by atoms with Crippen molar-refractivity contribution in [1.29, 1.82) is 0 Å². The van der Waals surface area contributed by atoms with E-state index >= 15 is 0 Å². The number of fused-ring (bicyclic) bond motifs is 1. The number of hydrogen-bond donors (Lipinski definition) is 1. The Morgan fingerprint density at radius 2 is 1.90 bits per heavy atom. The van der Waals surface area contributed by atoms with Crippen molar-refractivity contribution in [1.82, 2.24) is 0 Å². The van der Waals surface area contributed by atoms with Gasteiger partial charge in [-0.25, -0.2) is 0 Å². The summed E-state index contributed by atoms with van der Waals surface area (Å²) >= 11 is 0. The highest BCUT2D eigenvalue weighted by atomic mass is 16.5. The van der Waals surface area contributed by atoms with E-state index in [1.54, 1.807) is 7.11 Å². The quantitative estimate of drug-likeness (QED) is 0.915. The number of ether oxygens (including phenoxy) is 1. The molecule has 2 nitrogen and oxygen atoms in total. The molecule has 0 bridgehead atoms. The Bertz CT molecular complexity index is 631. The molecule has 0 aromatic heterocycles. The molecule has 0 fully saturated rings. The summed E-state index contributed by atoms with van der Waals surface area (Å²) in [6, 6.07) is 16.8. The van der Waals surface area contributed by atoms with Crippen molar-refractivity contribution in [2.24, 2.45) is 5.73 Å². The molecule has 2 heteroatoms. The summed E-state index contributed by atoms with van der Waals surface area (Å²) in [5.41, 5.74) is 11.1. The fourth-order valence-electron chi connectivity index (χ4n) is 2.95. The average Bonchev–Trinajstić information content (AvgIpc) is 2.86. The summed E-state index contributed by atoms with van der Waals surface area (Å²) in [7, 11) is 1.70. The maximum absolute atomic E-state index is 5.81. The van der Waals surface area contributed by atoms with Crippen LogP contribution in [0, 0.1) is 0 Å². The van der Waals surface area contributed by atoms with Crippen molar-refractivity contribution in [2.75, 3.05) is 13.7 Å². The maximum atomic E-state index is 5.81. The molecule has 2 N–H and O–H groups in total. The predicted octanol–water partition coefficient (Wildman–Crippen LogP) is 3.68. The predicted molar refractivity (Wildman–Crippen MR) is 83.7 cm³/mol. The van der Waals surface area contributed by atoms with Gasteiger partial charge in [-0.1, -0.05) is 42.5 Å². The summed E-state index contributed by atoms with van der Waals surface area (Å²) < 4.78 is 5.32. The summed E-state index contributed by atoms with van der Waals surface area (Å²) in [5, 5.41) is 0. The van der Waals surface area contributed by atoms with Crippen molar-refractivity contribution in [3.63, 3.8) is 0 Å². The standard InChI is InChI=1S/C18H19NO/c1-20-15-7-8-16-14(11-15)12-18(17(16)9-10-19)13-5-3-2-4-6-13/h2-8,11-12,17H,9-10,19H2,1H3. The molecule has 0 heterocycles. The first-order valence-electron chi connectivity index (χ1n) is 6.98. The fraction of sp³-hybridized carbons (Fsp3) is 0.222. The molecule has 0 radical (unpaired) electrons. The number of nitrogens with two attached hydrogens (primary N) is 1. The first kappa shape index (κ1) is 12.9. The fourth-order valence-corrected chi connectivity index (χ4v) is 2.95. The second-order valence-electron chi connectivity index (χ2n) is 5.09. The van der Waals surface area contributed by atoms with Gasteiger partial charge in [0.25, 0.3) is 0 Å². The number of hydrogen-bond acceptors (Lipinski definition) is 2. The molecule has 2 aromatic rings. The van der Waals surface area contributed by atoms with Crippen molar-refractivity contribution in [2.45, 2.75) is 12.3 Å². The zero-order valence-corrected chi connectivity index (χ0v) is 11.7. The van der Waals surface area contributed by atoms with Gasteiger partial charge in [-0.2, -0.15) is 0 Å². The summed E-state index contributed by atoms with van der Waals surface area (Å²) in [4.78, 5) is 0. The normalized spacial score (nSPS) is 16.7. The van der Waals surface area contributed by atoms with Crippen molar-refractivity contribution >= 4 is 11.6 Å². The van der Waals surface area contributed by atoms with Gasteiger partial charge in [-0.05, 0) is 47.4 Å². The van der Waals surface area contributed by atoms with E-state index in [0.717, 1.165) is 12.2 Å². The Morgan fingerprint density at radius 1 is 1.10 bits per heavy atom. The SMILES string of the molecule is COc1ccc2c(c1)C=C(c1ccccc1)C2CCN. The van der Waals surface area contributed by atoms with Crippen LogP contribution in [0.25, 0.3) is 11.6 Å². The van der Waals surface area contributed by atoms with E-state index in [4.69, 9.17) is 10.5 Å². The van der Waals surface area contributed by atoms with E-state index in [-0.39, 0.29) is 0 Å². The molecule has 2 aromatic carbocycles. The van der Waals surface area contributed by atoms with Crippen LogP contribution in [0.5, 0.6) is 5.75 Å². The monoisotopic (exact) mass is 265 g/mol. The largest absolute Gasteiger partial charge is 0.497 e. The molecule has 20 heavy (non-hydrogen) atoms. The molecule has 0 amide bonds. The highest BCUT2D eigenvalue weighted by Gasteiger charge is 2.25. The summed E-state index contributed by atoms with van der Waals surface area (Å²) in [5.74, 6) is 1.30. The van der Waals surface area contributed by atoms with Crippen molar-refractivity contribution < 1.29 is 4.74 Å². The minimum absolute atomic E-state index is 0.392. The molecule has 1 atom stereocenters. The molecule has 3 rings (SSSR count). The molecule has 0 aliphatic heterocycles. The van der Waals surface area contributed by atoms with Gasteiger partial charge in [-0.15, -0.1) is 0 Å². The molecule has 0 spiro atoms. The molecule has 0 saturated heterocycles. The number of methoxy groups -OCH3 is 1. The molecule has 1 aliphatic rings. The zero-order chi connectivity index (χ0) is 13.9. The maximum Gasteiger partial charge on any atom is 0.119 e. The van der Waals surface area contributed by atoms with E-state index in [9.17, 15) is 0 Å². The van der Waals surface area contributed by atoms with Gasteiger partial charge in [0.1, 0.15) is 5.75 Å². The van der Waals surface area contributed by atoms with E-state index < -0.39 is 0 Å². The van der Waals surface area contributed by atoms with Gasteiger partial charge < -0.3 is 10.5 Å². The number of allylic oxidation sites excluding steroid dienone is 1. The lowest BCUT2D eigenvalue weighted by atomic mass is 9.89. The molecule has 0 saturated carbocycles. The molecule has 1 unspecified atom stereocenters.